The van der Waals surface area contributed by atoms with Crippen molar-refractivity contribution in [2.24, 2.45) is 11.8 Å². The summed E-state index contributed by atoms with van der Waals surface area (Å²) < 4.78 is 0. The van der Waals surface area contributed by atoms with Crippen LogP contribution in [0, 0.1) is 11.8 Å². The van der Waals surface area contributed by atoms with E-state index in [2.05, 4.69) is 35.6 Å². The van der Waals surface area contributed by atoms with Gasteiger partial charge < -0.3 is 5.32 Å². The SMILES string of the molecule is c1ccc(CNC2CCCCC2C2CCCCC2)cc1. The number of benzene rings is 1. The predicted molar refractivity (Wildman–Crippen MR) is 85.6 cm³/mol. The average molecular weight is 271 g/mol. The molecule has 2 fully saturated rings. The largest absolute Gasteiger partial charge is 0.310 e. The molecule has 0 aliphatic heterocycles. The smallest absolute Gasteiger partial charge is 0.0208 e. The first-order chi connectivity index (χ1) is 9.93. The maximum absolute atomic E-state index is 3.89. The van der Waals surface area contributed by atoms with Crippen LogP contribution >= 0.6 is 0 Å². The molecule has 2 aliphatic rings. The molecule has 2 atom stereocenters. The van der Waals surface area contributed by atoms with E-state index in [-0.39, 0.29) is 0 Å². The molecular weight excluding hydrogens is 242 g/mol. The zero-order valence-corrected chi connectivity index (χ0v) is 12.7. The van der Waals surface area contributed by atoms with Crippen molar-refractivity contribution in [1.82, 2.24) is 5.32 Å². The van der Waals surface area contributed by atoms with Crippen LogP contribution in [0.3, 0.4) is 0 Å². The van der Waals surface area contributed by atoms with Gasteiger partial charge in [-0.05, 0) is 30.2 Å². The quantitative estimate of drug-likeness (QED) is 0.820. The van der Waals surface area contributed by atoms with Gasteiger partial charge in [0.05, 0.1) is 0 Å². The minimum atomic E-state index is 0.770. The number of hydrogen-bond acceptors (Lipinski definition) is 1. The van der Waals surface area contributed by atoms with E-state index in [1.807, 2.05) is 0 Å². The minimum absolute atomic E-state index is 0.770. The molecule has 0 saturated heterocycles. The van der Waals surface area contributed by atoms with Gasteiger partial charge in [0.15, 0.2) is 0 Å². The Bertz CT molecular complexity index is 380. The molecule has 1 aromatic carbocycles. The van der Waals surface area contributed by atoms with Gasteiger partial charge in [0.1, 0.15) is 0 Å². The molecule has 2 unspecified atom stereocenters. The second kappa shape index (κ2) is 7.26. The van der Waals surface area contributed by atoms with Crippen LogP contribution in [-0.4, -0.2) is 6.04 Å². The standard InChI is InChI=1S/C19H29N/c1-3-9-16(10-4-1)15-20-19-14-8-7-13-18(19)17-11-5-2-6-12-17/h1,3-4,9-10,17-20H,2,5-8,11-15H2. The van der Waals surface area contributed by atoms with Crippen molar-refractivity contribution >= 4 is 0 Å². The predicted octanol–water partition coefficient (Wildman–Crippen LogP) is 4.92. The van der Waals surface area contributed by atoms with Gasteiger partial charge in [-0.25, -0.2) is 0 Å². The summed E-state index contributed by atoms with van der Waals surface area (Å²) in [4.78, 5) is 0. The van der Waals surface area contributed by atoms with Gasteiger partial charge in [-0.2, -0.15) is 0 Å². The first kappa shape index (κ1) is 14.1. The van der Waals surface area contributed by atoms with E-state index in [0.717, 1.165) is 24.4 Å². The molecule has 20 heavy (non-hydrogen) atoms. The van der Waals surface area contributed by atoms with Gasteiger partial charge in [-0.15, -0.1) is 0 Å². The van der Waals surface area contributed by atoms with Gasteiger partial charge in [0.25, 0.3) is 0 Å². The highest BCUT2D eigenvalue weighted by Gasteiger charge is 2.31. The van der Waals surface area contributed by atoms with Crippen molar-refractivity contribution in [3.8, 4) is 0 Å². The molecule has 2 saturated carbocycles. The number of rotatable bonds is 4. The summed E-state index contributed by atoms with van der Waals surface area (Å²) in [5.41, 5.74) is 1.43. The van der Waals surface area contributed by atoms with Crippen LogP contribution in [0.5, 0.6) is 0 Å². The normalized spacial score (nSPS) is 28.4. The lowest BCUT2D eigenvalue weighted by atomic mass is 9.71. The maximum Gasteiger partial charge on any atom is 0.0208 e. The summed E-state index contributed by atoms with van der Waals surface area (Å²) >= 11 is 0. The van der Waals surface area contributed by atoms with E-state index < -0.39 is 0 Å². The molecule has 0 aromatic heterocycles. The molecule has 3 rings (SSSR count). The molecule has 2 aliphatic carbocycles. The average Bonchev–Trinajstić information content (AvgIpc) is 2.55. The molecular formula is C19H29N. The van der Waals surface area contributed by atoms with Crippen LogP contribution < -0.4 is 5.32 Å². The molecule has 0 heterocycles. The van der Waals surface area contributed by atoms with E-state index in [1.165, 1.54) is 63.4 Å². The Morgan fingerprint density at radius 2 is 1.50 bits per heavy atom. The van der Waals surface area contributed by atoms with Crippen LogP contribution in [0.15, 0.2) is 30.3 Å². The summed E-state index contributed by atoms with van der Waals surface area (Å²) in [5.74, 6) is 1.96. The Morgan fingerprint density at radius 1 is 0.800 bits per heavy atom. The summed E-state index contributed by atoms with van der Waals surface area (Å²) in [6, 6.07) is 11.7. The molecule has 0 radical (unpaired) electrons. The van der Waals surface area contributed by atoms with Crippen molar-refractivity contribution in [2.45, 2.75) is 70.4 Å². The monoisotopic (exact) mass is 271 g/mol. The fourth-order valence-corrected chi connectivity index (χ4v) is 4.38. The number of hydrogen-bond donors (Lipinski definition) is 1. The molecule has 1 N–H and O–H groups in total. The first-order valence-electron chi connectivity index (χ1n) is 8.71. The summed E-state index contributed by atoms with van der Waals surface area (Å²) in [6.45, 7) is 1.05. The topological polar surface area (TPSA) is 12.0 Å². The molecule has 1 heteroatoms. The van der Waals surface area contributed by atoms with E-state index >= 15 is 0 Å². The van der Waals surface area contributed by atoms with Crippen LogP contribution in [0.1, 0.15) is 63.4 Å². The Balaban J connectivity index is 1.57. The molecule has 0 spiro atoms. The first-order valence-corrected chi connectivity index (χ1v) is 8.71. The minimum Gasteiger partial charge on any atom is -0.310 e. The van der Waals surface area contributed by atoms with Crippen LogP contribution in [0.25, 0.3) is 0 Å². The third-order valence-electron chi connectivity index (χ3n) is 5.49. The van der Waals surface area contributed by atoms with E-state index in [4.69, 9.17) is 0 Å². The zero-order chi connectivity index (χ0) is 13.6. The van der Waals surface area contributed by atoms with Crippen molar-refractivity contribution in [3.05, 3.63) is 35.9 Å². The van der Waals surface area contributed by atoms with Crippen molar-refractivity contribution < 1.29 is 0 Å². The molecule has 1 nitrogen and oxygen atoms in total. The Hall–Kier alpha value is -0.820. The fourth-order valence-electron chi connectivity index (χ4n) is 4.38. The van der Waals surface area contributed by atoms with Crippen LogP contribution in [0.4, 0.5) is 0 Å². The maximum atomic E-state index is 3.89. The Labute approximate surface area is 124 Å². The van der Waals surface area contributed by atoms with Gasteiger partial charge in [-0.1, -0.05) is 75.3 Å². The highest BCUT2D eigenvalue weighted by atomic mass is 14.9. The highest BCUT2D eigenvalue weighted by molar-refractivity contribution is 5.14. The third kappa shape index (κ3) is 3.63. The third-order valence-corrected chi connectivity index (χ3v) is 5.49. The van der Waals surface area contributed by atoms with Gasteiger partial charge in [0, 0.05) is 12.6 Å². The second-order valence-corrected chi connectivity index (χ2v) is 6.82. The lowest BCUT2D eigenvalue weighted by Crippen LogP contribution is -2.42. The number of nitrogens with one attached hydrogen (secondary N) is 1. The Kier molecular flexibility index (Phi) is 5.13. The van der Waals surface area contributed by atoms with E-state index in [1.54, 1.807) is 0 Å². The van der Waals surface area contributed by atoms with Gasteiger partial charge in [0.2, 0.25) is 0 Å². The van der Waals surface area contributed by atoms with Crippen molar-refractivity contribution in [2.75, 3.05) is 0 Å². The summed E-state index contributed by atoms with van der Waals surface area (Å²) in [7, 11) is 0. The summed E-state index contributed by atoms with van der Waals surface area (Å²) in [5, 5.41) is 3.89. The lowest BCUT2D eigenvalue weighted by molar-refractivity contribution is 0.149. The van der Waals surface area contributed by atoms with Crippen molar-refractivity contribution in [3.63, 3.8) is 0 Å². The second-order valence-electron chi connectivity index (χ2n) is 6.82. The zero-order valence-electron chi connectivity index (χ0n) is 12.7. The van der Waals surface area contributed by atoms with Crippen molar-refractivity contribution in [1.29, 1.82) is 0 Å². The lowest BCUT2D eigenvalue weighted by Gasteiger charge is -2.39. The molecule has 0 bridgehead atoms. The Morgan fingerprint density at radius 3 is 2.30 bits per heavy atom. The molecule has 110 valence electrons. The highest BCUT2D eigenvalue weighted by Crippen LogP contribution is 2.38. The van der Waals surface area contributed by atoms with Gasteiger partial charge in [-0.3, -0.25) is 0 Å². The summed E-state index contributed by atoms with van der Waals surface area (Å²) in [6.07, 6.45) is 13.2. The van der Waals surface area contributed by atoms with Crippen LogP contribution in [-0.2, 0) is 6.54 Å². The fraction of sp³-hybridized carbons (Fsp3) is 0.684. The van der Waals surface area contributed by atoms with Crippen LogP contribution in [0.2, 0.25) is 0 Å². The van der Waals surface area contributed by atoms with Gasteiger partial charge >= 0.3 is 0 Å². The van der Waals surface area contributed by atoms with E-state index in [0.29, 0.717) is 0 Å². The molecule has 0 amide bonds. The molecule has 1 aromatic rings. The van der Waals surface area contributed by atoms with E-state index in [9.17, 15) is 0 Å².